The molecule has 4 heteroatoms. The summed E-state index contributed by atoms with van der Waals surface area (Å²) < 4.78 is 33.6. The number of nitrogens with zero attached hydrogens (tertiary/aromatic N) is 1. The molecule has 4 aromatic carbocycles. The number of halogens is 2. The summed E-state index contributed by atoms with van der Waals surface area (Å²) in [5.74, 6) is 0.271. The van der Waals surface area contributed by atoms with Crippen LogP contribution in [-0.4, -0.2) is 4.98 Å². The van der Waals surface area contributed by atoms with Gasteiger partial charge in [0.15, 0.2) is 0 Å². The highest BCUT2D eigenvalue weighted by atomic mass is 19.1. The Morgan fingerprint density at radius 3 is 1.78 bits per heavy atom. The molecule has 2 nitrogen and oxygen atoms in total. The number of ether oxygens (including phenoxy) is 1. The molecule has 5 rings (SSSR count). The number of benzene rings is 4. The van der Waals surface area contributed by atoms with Crippen LogP contribution in [0.1, 0.15) is 31.0 Å². The molecule has 0 aliphatic carbocycles. The fourth-order valence-electron chi connectivity index (χ4n) is 4.41. The van der Waals surface area contributed by atoms with E-state index in [1.807, 2.05) is 48.5 Å². The van der Waals surface area contributed by atoms with Crippen LogP contribution in [0.4, 0.5) is 8.78 Å². The maximum atomic E-state index is 13.7. The summed E-state index contributed by atoms with van der Waals surface area (Å²) in [7, 11) is 0. The van der Waals surface area contributed by atoms with Gasteiger partial charge in [-0.25, -0.2) is 8.78 Å². The summed E-state index contributed by atoms with van der Waals surface area (Å²) in [6.07, 6.45) is 0. The standard InChI is InChI=1S/C33H27F2NO/c1-22(2)33-31(21-37-29-18-12-24(13-19-29)23-6-4-3-5-7-23)30(25-8-14-27(34)15-9-25)20-32(36-33)26-10-16-28(35)17-11-26/h3-20,22H,21H2,1-2H3. The van der Waals surface area contributed by atoms with Crippen LogP contribution in [0.25, 0.3) is 33.5 Å². The molecule has 0 aliphatic rings. The van der Waals surface area contributed by atoms with Gasteiger partial charge in [0.25, 0.3) is 0 Å². The molecule has 0 saturated carbocycles. The van der Waals surface area contributed by atoms with Gasteiger partial charge in [0.2, 0.25) is 0 Å². The monoisotopic (exact) mass is 491 g/mol. The minimum absolute atomic E-state index is 0.110. The first-order valence-corrected chi connectivity index (χ1v) is 12.3. The summed E-state index contributed by atoms with van der Waals surface area (Å²) in [5.41, 5.74) is 7.44. The quantitative estimate of drug-likeness (QED) is 0.227. The number of hydrogen-bond acceptors (Lipinski definition) is 2. The molecule has 0 aliphatic heterocycles. The van der Waals surface area contributed by atoms with Crippen LogP contribution in [0, 0.1) is 11.6 Å². The summed E-state index contributed by atoms with van der Waals surface area (Å²) in [6, 6.07) is 32.9. The Bertz CT molecular complexity index is 1480. The summed E-state index contributed by atoms with van der Waals surface area (Å²) in [4.78, 5) is 4.97. The number of hydrogen-bond donors (Lipinski definition) is 0. The molecule has 1 heterocycles. The topological polar surface area (TPSA) is 22.1 Å². The van der Waals surface area contributed by atoms with Gasteiger partial charge in [-0.2, -0.15) is 0 Å². The SMILES string of the molecule is CC(C)c1nc(-c2ccc(F)cc2)cc(-c2ccc(F)cc2)c1COc1ccc(-c2ccccc2)cc1. The van der Waals surface area contributed by atoms with Gasteiger partial charge in [-0.1, -0.05) is 68.4 Å². The van der Waals surface area contributed by atoms with E-state index in [1.54, 1.807) is 24.3 Å². The van der Waals surface area contributed by atoms with E-state index in [4.69, 9.17) is 9.72 Å². The largest absolute Gasteiger partial charge is 0.489 e. The van der Waals surface area contributed by atoms with Gasteiger partial charge in [-0.05, 0) is 82.8 Å². The molecule has 37 heavy (non-hydrogen) atoms. The van der Waals surface area contributed by atoms with Crippen molar-refractivity contribution < 1.29 is 13.5 Å². The van der Waals surface area contributed by atoms with E-state index in [1.165, 1.54) is 24.3 Å². The second-order valence-electron chi connectivity index (χ2n) is 9.27. The first-order valence-electron chi connectivity index (χ1n) is 12.3. The molecule has 0 radical (unpaired) electrons. The normalized spacial score (nSPS) is 11.1. The van der Waals surface area contributed by atoms with Crippen molar-refractivity contribution >= 4 is 0 Å². The molecular weight excluding hydrogens is 464 g/mol. The van der Waals surface area contributed by atoms with Crippen molar-refractivity contribution in [1.29, 1.82) is 0 Å². The maximum Gasteiger partial charge on any atom is 0.123 e. The van der Waals surface area contributed by atoms with Crippen molar-refractivity contribution in [3.8, 4) is 39.3 Å². The van der Waals surface area contributed by atoms with Gasteiger partial charge in [-0.15, -0.1) is 0 Å². The van der Waals surface area contributed by atoms with Gasteiger partial charge >= 0.3 is 0 Å². The second kappa shape index (κ2) is 10.8. The molecule has 0 spiro atoms. The van der Waals surface area contributed by atoms with Crippen molar-refractivity contribution in [3.63, 3.8) is 0 Å². The average Bonchev–Trinajstić information content (AvgIpc) is 2.93. The molecule has 0 bridgehead atoms. The third-order valence-electron chi connectivity index (χ3n) is 6.34. The molecule has 1 aromatic heterocycles. The van der Waals surface area contributed by atoms with Crippen LogP contribution < -0.4 is 4.74 Å². The molecule has 0 amide bonds. The highest BCUT2D eigenvalue weighted by molar-refractivity contribution is 5.74. The first kappa shape index (κ1) is 24.4. The molecular formula is C33H27F2NO. The summed E-state index contributed by atoms with van der Waals surface area (Å²) in [6.45, 7) is 4.48. The number of pyridine rings is 1. The third-order valence-corrected chi connectivity index (χ3v) is 6.34. The van der Waals surface area contributed by atoms with Crippen LogP contribution in [0.15, 0.2) is 109 Å². The van der Waals surface area contributed by atoms with Crippen molar-refractivity contribution in [3.05, 3.63) is 132 Å². The lowest BCUT2D eigenvalue weighted by molar-refractivity contribution is 0.304. The lowest BCUT2D eigenvalue weighted by Crippen LogP contribution is -2.08. The number of rotatable bonds is 7. The Morgan fingerprint density at radius 2 is 1.19 bits per heavy atom. The lowest BCUT2D eigenvalue weighted by atomic mass is 9.93. The van der Waals surface area contributed by atoms with Crippen LogP contribution in [-0.2, 0) is 6.61 Å². The minimum Gasteiger partial charge on any atom is -0.489 e. The fourth-order valence-corrected chi connectivity index (χ4v) is 4.41. The van der Waals surface area contributed by atoms with Gasteiger partial charge in [0, 0.05) is 11.1 Å². The van der Waals surface area contributed by atoms with E-state index in [-0.39, 0.29) is 17.6 Å². The predicted octanol–water partition coefficient (Wildman–Crippen LogP) is 9.06. The van der Waals surface area contributed by atoms with Crippen molar-refractivity contribution in [2.75, 3.05) is 0 Å². The van der Waals surface area contributed by atoms with Crippen LogP contribution in [0.2, 0.25) is 0 Å². The van der Waals surface area contributed by atoms with E-state index in [9.17, 15) is 8.78 Å². The zero-order chi connectivity index (χ0) is 25.8. The highest BCUT2D eigenvalue weighted by Crippen LogP contribution is 2.34. The summed E-state index contributed by atoms with van der Waals surface area (Å²) >= 11 is 0. The molecule has 184 valence electrons. The van der Waals surface area contributed by atoms with Crippen LogP contribution >= 0.6 is 0 Å². The number of aromatic nitrogens is 1. The Hall–Kier alpha value is -4.31. The van der Waals surface area contributed by atoms with E-state index in [2.05, 4.69) is 26.0 Å². The van der Waals surface area contributed by atoms with E-state index in [0.717, 1.165) is 50.5 Å². The fraction of sp³-hybridized carbons (Fsp3) is 0.121. The molecule has 5 aromatic rings. The first-order chi connectivity index (χ1) is 18.0. The Kier molecular flexibility index (Phi) is 7.09. The van der Waals surface area contributed by atoms with Gasteiger partial charge in [0.05, 0.1) is 11.4 Å². The molecule has 0 atom stereocenters. The highest BCUT2D eigenvalue weighted by Gasteiger charge is 2.18. The molecule has 0 fully saturated rings. The van der Waals surface area contributed by atoms with Gasteiger partial charge in [-0.3, -0.25) is 4.98 Å². The Balaban J connectivity index is 1.52. The van der Waals surface area contributed by atoms with E-state index < -0.39 is 0 Å². The zero-order valence-corrected chi connectivity index (χ0v) is 20.8. The van der Waals surface area contributed by atoms with Crippen molar-refractivity contribution in [1.82, 2.24) is 4.98 Å². The predicted molar refractivity (Wildman–Crippen MR) is 145 cm³/mol. The smallest absolute Gasteiger partial charge is 0.123 e. The van der Waals surface area contributed by atoms with Crippen molar-refractivity contribution in [2.45, 2.75) is 26.4 Å². The van der Waals surface area contributed by atoms with Crippen LogP contribution in [0.5, 0.6) is 5.75 Å². The molecule has 0 saturated heterocycles. The Morgan fingerprint density at radius 1 is 0.649 bits per heavy atom. The van der Waals surface area contributed by atoms with Crippen LogP contribution in [0.3, 0.4) is 0 Å². The second-order valence-corrected chi connectivity index (χ2v) is 9.27. The summed E-state index contributed by atoms with van der Waals surface area (Å²) in [5, 5.41) is 0. The van der Waals surface area contributed by atoms with Gasteiger partial charge in [0.1, 0.15) is 24.0 Å². The zero-order valence-electron chi connectivity index (χ0n) is 20.8. The third kappa shape index (κ3) is 5.59. The average molecular weight is 492 g/mol. The van der Waals surface area contributed by atoms with E-state index in [0.29, 0.717) is 6.61 Å². The van der Waals surface area contributed by atoms with E-state index >= 15 is 0 Å². The Labute approximate surface area is 216 Å². The van der Waals surface area contributed by atoms with Gasteiger partial charge < -0.3 is 4.74 Å². The maximum absolute atomic E-state index is 13.7. The lowest BCUT2D eigenvalue weighted by Gasteiger charge is -2.20. The minimum atomic E-state index is -0.296. The molecule has 0 N–H and O–H groups in total. The molecule has 0 unspecified atom stereocenters. The van der Waals surface area contributed by atoms with Crippen molar-refractivity contribution in [2.24, 2.45) is 0 Å².